The quantitative estimate of drug-likeness (QED) is 0.448. The first-order valence-electron chi connectivity index (χ1n) is 9.18. The number of rotatable bonds is 7. The van der Waals surface area contributed by atoms with E-state index in [1.165, 1.54) is 34.5 Å². The monoisotopic (exact) mass is 427 g/mol. The number of H-pyrrole nitrogens is 1. The number of hydrogen-bond acceptors (Lipinski definition) is 8. The molecule has 0 spiro atoms. The molecule has 0 aliphatic heterocycles. The molecular weight excluding hydrogens is 406 g/mol. The molecule has 1 aromatic heterocycles. The van der Waals surface area contributed by atoms with E-state index in [1.54, 1.807) is 36.4 Å². The minimum absolute atomic E-state index is 0.195. The number of nitrogens with one attached hydrogen (secondary N) is 1. The Morgan fingerprint density at radius 3 is 2.35 bits per heavy atom. The van der Waals surface area contributed by atoms with E-state index in [0.29, 0.717) is 16.5 Å². The van der Waals surface area contributed by atoms with Gasteiger partial charge in [0.05, 0.1) is 38.4 Å². The molecule has 1 atom stereocenters. The Hall–Kier alpha value is -4.08. The highest BCUT2D eigenvalue weighted by atomic mass is 16.6. The predicted molar refractivity (Wildman–Crippen MR) is 113 cm³/mol. The number of benzene rings is 2. The summed E-state index contributed by atoms with van der Waals surface area (Å²) in [5.74, 6) is 0.151. The summed E-state index contributed by atoms with van der Waals surface area (Å²) < 4.78 is 21.7. The summed E-state index contributed by atoms with van der Waals surface area (Å²) >= 11 is 0. The highest BCUT2D eigenvalue weighted by Gasteiger charge is 2.21. The third-order valence-corrected chi connectivity index (χ3v) is 4.42. The van der Waals surface area contributed by atoms with Crippen LogP contribution < -0.4 is 25.5 Å². The summed E-state index contributed by atoms with van der Waals surface area (Å²) in [5.41, 5.74) is -0.341. The summed E-state index contributed by atoms with van der Waals surface area (Å²) in [5, 5.41) is 4.35. The summed E-state index contributed by atoms with van der Waals surface area (Å²) in [6, 6.07) is 9.77. The van der Waals surface area contributed by atoms with Crippen molar-refractivity contribution >= 4 is 23.1 Å². The fraction of sp³-hybridized carbons (Fsp3) is 0.238. The highest BCUT2D eigenvalue weighted by Crippen LogP contribution is 2.39. The fourth-order valence-corrected chi connectivity index (χ4v) is 2.86. The number of fused-ring (bicyclic) bond motifs is 1. The molecule has 10 nitrogen and oxygen atoms in total. The maximum Gasteiger partial charge on any atom is 0.349 e. The molecule has 3 rings (SSSR count). The van der Waals surface area contributed by atoms with Crippen LogP contribution in [0.25, 0.3) is 10.9 Å². The lowest BCUT2D eigenvalue weighted by Crippen LogP contribution is -2.32. The smallest absolute Gasteiger partial charge is 0.349 e. The second kappa shape index (κ2) is 9.16. The Kier molecular flexibility index (Phi) is 6.39. The number of nitrogens with zero attached hydrogens (tertiary/aromatic N) is 2. The molecule has 0 aliphatic carbocycles. The number of esters is 1. The van der Waals surface area contributed by atoms with Crippen LogP contribution in [0.4, 0.5) is 0 Å². The molecule has 3 aromatic rings. The molecule has 1 heterocycles. The first-order valence-corrected chi connectivity index (χ1v) is 9.18. The molecule has 0 unspecified atom stereocenters. The van der Waals surface area contributed by atoms with Crippen LogP contribution in [-0.2, 0) is 9.53 Å². The lowest BCUT2D eigenvalue weighted by Gasteiger charge is -2.18. The normalized spacial score (nSPS) is 12.0. The Labute approximate surface area is 176 Å². The highest BCUT2D eigenvalue weighted by molar-refractivity contribution is 5.83. The van der Waals surface area contributed by atoms with Crippen molar-refractivity contribution < 1.29 is 23.7 Å². The lowest BCUT2D eigenvalue weighted by molar-refractivity contribution is -0.148. The summed E-state index contributed by atoms with van der Waals surface area (Å²) in [4.78, 5) is 39.2. The molecule has 0 fully saturated rings. The summed E-state index contributed by atoms with van der Waals surface area (Å²) in [6.07, 6.45) is 0.409. The zero-order valence-corrected chi connectivity index (χ0v) is 17.4. The summed E-state index contributed by atoms with van der Waals surface area (Å²) in [7, 11) is 4.10. The molecular formula is C21H21N3O7. The number of aromatic nitrogens is 2. The van der Waals surface area contributed by atoms with Crippen molar-refractivity contribution in [3.63, 3.8) is 0 Å². The molecule has 0 radical (unpaired) electrons. The van der Waals surface area contributed by atoms with E-state index < -0.39 is 23.3 Å². The second-order valence-corrected chi connectivity index (χ2v) is 6.38. The average Bonchev–Trinajstić information content (AvgIpc) is 2.78. The molecule has 1 N–H and O–H groups in total. The number of hydrogen-bond donors (Lipinski definition) is 1. The molecule has 2 aromatic carbocycles. The molecule has 0 aliphatic rings. The van der Waals surface area contributed by atoms with Gasteiger partial charge >= 0.3 is 11.7 Å². The van der Waals surface area contributed by atoms with E-state index in [-0.39, 0.29) is 17.2 Å². The van der Waals surface area contributed by atoms with Crippen molar-refractivity contribution in [3.8, 4) is 17.2 Å². The van der Waals surface area contributed by atoms with Crippen LogP contribution in [0.3, 0.4) is 0 Å². The van der Waals surface area contributed by atoms with Crippen molar-refractivity contribution in [3.05, 3.63) is 62.8 Å². The minimum Gasteiger partial charge on any atom is -0.493 e. The van der Waals surface area contributed by atoms with Gasteiger partial charge in [-0.1, -0.05) is 12.1 Å². The maximum absolute atomic E-state index is 12.6. The second-order valence-electron chi connectivity index (χ2n) is 6.38. The largest absolute Gasteiger partial charge is 0.493 e. The Morgan fingerprint density at radius 1 is 1.10 bits per heavy atom. The van der Waals surface area contributed by atoms with E-state index in [2.05, 4.69) is 14.8 Å². The van der Waals surface area contributed by atoms with E-state index in [4.69, 9.17) is 14.2 Å². The zero-order valence-electron chi connectivity index (χ0n) is 17.4. The van der Waals surface area contributed by atoms with Crippen LogP contribution in [0.5, 0.6) is 17.2 Å². The molecule has 0 amide bonds. The Balaban J connectivity index is 2.02. The maximum atomic E-state index is 12.6. The molecule has 31 heavy (non-hydrogen) atoms. The van der Waals surface area contributed by atoms with E-state index in [1.807, 2.05) is 0 Å². The number of para-hydroxylation sites is 1. The van der Waals surface area contributed by atoms with Crippen molar-refractivity contribution in [2.45, 2.75) is 13.0 Å². The Morgan fingerprint density at radius 2 is 1.74 bits per heavy atom. The summed E-state index contributed by atoms with van der Waals surface area (Å²) in [6.45, 7) is 1.53. The van der Waals surface area contributed by atoms with Gasteiger partial charge in [-0.25, -0.2) is 9.59 Å². The van der Waals surface area contributed by atoms with Crippen LogP contribution in [0, 0.1) is 0 Å². The van der Waals surface area contributed by atoms with E-state index >= 15 is 0 Å². The van der Waals surface area contributed by atoms with Crippen molar-refractivity contribution in [1.82, 2.24) is 9.66 Å². The van der Waals surface area contributed by atoms with E-state index in [9.17, 15) is 14.4 Å². The van der Waals surface area contributed by atoms with Crippen LogP contribution in [0.1, 0.15) is 12.5 Å². The van der Waals surface area contributed by atoms with Gasteiger partial charge in [-0.05, 0) is 31.2 Å². The first kappa shape index (κ1) is 21.6. The number of aromatic amines is 1. The molecule has 0 saturated heterocycles. The number of carbonyl (C=O) groups excluding carboxylic acids is 1. The minimum atomic E-state index is -0.901. The number of methoxy groups -OCH3 is 3. The van der Waals surface area contributed by atoms with Gasteiger partial charge in [-0.2, -0.15) is 5.10 Å². The first-order chi connectivity index (χ1) is 14.9. The van der Waals surface area contributed by atoms with Gasteiger partial charge in [0.2, 0.25) is 5.75 Å². The van der Waals surface area contributed by atoms with Crippen LogP contribution in [-0.4, -0.2) is 49.3 Å². The molecule has 0 saturated carbocycles. The van der Waals surface area contributed by atoms with Gasteiger partial charge in [0.25, 0.3) is 5.56 Å². The molecule has 162 valence electrons. The van der Waals surface area contributed by atoms with Crippen molar-refractivity contribution in [2.75, 3.05) is 21.3 Å². The topological polar surface area (TPSA) is 121 Å². The van der Waals surface area contributed by atoms with Crippen molar-refractivity contribution in [2.24, 2.45) is 5.10 Å². The fourth-order valence-electron chi connectivity index (χ4n) is 2.86. The third-order valence-electron chi connectivity index (χ3n) is 4.42. The van der Waals surface area contributed by atoms with Crippen LogP contribution in [0.15, 0.2) is 51.1 Å². The molecule has 10 heteroatoms. The third kappa shape index (κ3) is 4.42. The SMILES string of the molecule is COC(=O)[C@@H](C)Oc1c(OC)cc(C=Nn2c(=O)[nH]c3ccccc3c2=O)cc1OC. The van der Waals surface area contributed by atoms with E-state index in [0.717, 1.165) is 4.68 Å². The van der Waals surface area contributed by atoms with Gasteiger partial charge in [-0.15, -0.1) is 4.68 Å². The lowest BCUT2D eigenvalue weighted by atomic mass is 10.2. The van der Waals surface area contributed by atoms with Gasteiger partial charge in [0.15, 0.2) is 17.6 Å². The zero-order chi connectivity index (χ0) is 22.5. The van der Waals surface area contributed by atoms with Gasteiger partial charge in [0, 0.05) is 5.56 Å². The molecule has 0 bridgehead atoms. The van der Waals surface area contributed by atoms with Gasteiger partial charge in [-0.3, -0.25) is 4.79 Å². The van der Waals surface area contributed by atoms with Gasteiger partial charge in [0.1, 0.15) is 0 Å². The predicted octanol–water partition coefficient (Wildman–Crippen LogP) is 1.53. The van der Waals surface area contributed by atoms with Crippen molar-refractivity contribution in [1.29, 1.82) is 0 Å². The standard InChI is InChI=1S/C21H21N3O7/c1-12(20(26)30-4)31-18-16(28-2)9-13(10-17(18)29-3)11-22-24-19(25)14-7-5-6-8-15(14)23-21(24)27/h5-12H,1-4H3,(H,23,27)/t12-/m1/s1. The van der Waals surface area contributed by atoms with Crippen LogP contribution in [0.2, 0.25) is 0 Å². The number of ether oxygens (including phenoxy) is 4. The van der Waals surface area contributed by atoms with Crippen LogP contribution >= 0.6 is 0 Å². The Bertz CT molecular complexity index is 1230. The number of carbonyl (C=O) groups is 1. The average molecular weight is 427 g/mol. The van der Waals surface area contributed by atoms with Gasteiger partial charge < -0.3 is 23.9 Å².